The average molecular weight is 244 g/mol. The van der Waals surface area contributed by atoms with Crippen molar-refractivity contribution in [3.05, 3.63) is 0 Å². The molecule has 0 saturated carbocycles. The average Bonchev–Trinajstić information content (AvgIpc) is 1.95. The molecule has 0 aromatic rings. The molecular weight excluding hydrogens is 225 g/mol. The molecule has 0 amide bonds. The van der Waals surface area contributed by atoms with Crippen molar-refractivity contribution in [3.8, 4) is 0 Å². The van der Waals surface area contributed by atoms with Crippen molar-refractivity contribution in [2.75, 3.05) is 6.61 Å². The van der Waals surface area contributed by atoms with Crippen LogP contribution >= 0.6 is 18.1 Å². The summed E-state index contributed by atoms with van der Waals surface area (Å²) in [7, 11) is 0. The smallest absolute Gasteiger partial charge is 0.313 e. The molecule has 86 valence electrons. The molecule has 0 saturated heterocycles. The van der Waals surface area contributed by atoms with Crippen molar-refractivity contribution in [2.24, 2.45) is 0 Å². The number of hydroxylamine groups is 2. The van der Waals surface area contributed by atoms with Crippen molar-refractivity contribution < 1.29 is 18.7 Å². The molecule has 0 aliphatic heterocycles. The van der Waals surface area contributed by atoms with Gasteiger partial charge in [-0.2, -0.15) is 4.84 Å². The standard InChI is InChI=1S/C8H19ClNO3P/c1-6-13-10(7(2)3,8(4)5)14(9,11)12/h7-8H,6H2,1-5H3. The van der Waals surface area contributed by atoms with E-state index in [2.05, 4.69) is 0 Å². The van der Waals surface area contributed by atoms with E-state index < -0.39 is 11.3 Å². The Morgan fingerprint density at radius 2 is 1.71 bits per heavy atom. The molecule has 14 heavy (non-hydrogen) atoms. The Labute approximate surface area is 90.7 Å². The lowest BCUT2D eigenvalue weighted by atomic mass is 10.3. The van der Waals surface area contributed by atoms with Crippen molar-refractivity contribution in [1.29, 1.82) is 0 Å². The van der Waals surface area contributed by atoms with Crippen LogP contribution in [0.25, 0.3) is 0 Å². The van der Waals surface area contributed by atoms with Gasteiger partial charge in [0, 0.05) is 0 Å². The summed E-state index contributed by atoms with van der Waals surface area (Å²) in [6.45, 7) is 5.09. The van der Waals surface area contributed by atoms with Crippen molar-refractivity contribution in [1.82, 2.24) is 0 Å². The SMILES string of the molecule is CCO[N+](C(C)C)(C(C)C)P(=O)([O-])Cl. The molecule has 0 aromatic carbocycles. The lowest BCUT2D eigenvalue weighted by Crippen LogP contribution is -2.55. The van der Waals surface area contributed by atoms with Crippen LogP contribution in [0.1, 0.15) is 34.6 Å². The summed E-state index contributed by atoms with van der Waals surface area (Å²) < 4.78 is 11.1. The zero-order chi connectivity index (χ0) is 11.6. The van der Waals surface area contributed by atoms with E-state index >= 15 is 0 Å². The van der Waals surface area contributed by atoms with Crippen LogP contribution in [0.3, 0.4) is 0 Å². The van der Waals surface area contributed by atoms with Gasteiger partial charge in [-0.15, -0.1) is 4.42 Å². The van der Waals surface area contributed by atoms with Crippen LogP contribution in [0.4, 0.5) is 0 Å². The minimum Gasteiger partial charge on any atom is -0.739 e. The number of halogens is 1. The second-order valence-corrected chi connectivity index (χ2v) is 6.54. The van der Waals surface area contributed by atoms with Crippen molar-refractivity contribution >= 4 is 18.1 Å². The Balaban J connectivity index is 5.28. The van der Waals surface area contributed by atoms with Gasteiger partial charge >= 0.3 is 6.87 Å². The van der Waals surface area contributed by atoms with Crippen LogP contribution in [-0.4, -0.2) is 23.1 Å². The monoisotopic (exact) mass is 243 g/mol. The highest BCUT2D eigenvalue weighted by Crippen LogP contribution is 2.56. The fourth-order valence-electron chi connectivity index (χ4n) is 1.72. The molecule has 0 bridgehead atoms. The number of hydrogen-bond donors (Lipinski definition) is 0. The van der Waals surface area contributed by atoms with E-state index in [-0.39, 0.29) is 12.1 Å². The fourth-order valence-corrected chi connectivity index (χ4v) is 4.26. The van der Waals surface area contributed by atoms with Crippen LogP contribution < -0.4 is 4.89 Å². The molecule has 1 atom stereocenters. The summed E-state index contributed by atoms with van der Waals surface area (Å²) >= 11 is 5.47. The highest BCUT2D eigenvalue weighted by Gasteiger charge is 2.46. The topological polar surface area (TPSA) is 49.4 Å². The Hall–Kier alpha value is 0.400. The zero-order valence-corrected chi connectivity index (χ0v) is 11.0. The molecule has 0 aromatic heterocycles. The molecule has 0 radical (unpaired) electrons. The van der Waals surface area contributed by atoms with Gasteiger partial charge in [0.1, 0.15) is 18.7 Å². The van der Waals surface area contributed by atoms with E-state index in [0.29, 0.717) is 6.61 Å². The van der Waals surface area contributed by atoms with E-state index in [1.165, 1.54) is 0 Å². The van der Waals surface area contributed by atoms with Gasteiger partial charge in [0.15, 0.2) is 0 Å². The Bertz CT molecular complexity index is 219. The van der Waals surface area contributed by atoms with Crippen LogP contribution in [0, 0.1) is 0 Å². The summed E-state index contributed by atoms with van der Waals surface area (Å²) in [6.07, 6.45) is 0. The first-order valence-electron chi connectivity index (χ1n) is 4.74. The second kappa shape index (κ2) is 4.95. The molecule has 0 heterocycles. The lowest BCUT2D eigenvalue weighted by Gasteiger charge is -2.46. The molecular formula is C8H19ClNO3P. The minimum atomic E-state index is -4.10. The van der Waals surface area contributed by atoms with Crippen molar-refractivity contribution in [2.45, 2.75) is 46.7 Å². The number of nitrogens with zero attached hydrogens (tertiary/aromatic N) is 1. The first-order chi connectivity index (χ1) is 6.20. The van der Waals surface area contributed by atoms with Crippen LogP contribution in [-0.2, 0) is 9.40 Å². The third-order valence-corrected chi connectivity index (χ3v) is 4.68. The maximum absolute atomic E-state index is 11.6. The predicted octanol–water partition coefficient (Wildman–Crippen LogP) is 2.28. The molecule has 0 spiro atoms. The van der Waals surface area contributed by atoms with Crippen molar-refractivity contribution in [3.63, 3.8) is 0 Å². The third-order valence-electron chi connectivity index (χ3n) is 2.19. The van der Waals surface area contributed by atoms with E-state index in [9.17, 15) is 9.46 Å². The molecule has 6 heteroatoms. The maximum Gasteiger partial charge on any atom is 0.313 e. The number of rotatable bonds is 5. The molecule has 0 N–H and O–H groups in total. The van der Waals surface area contributed by atoms with Gasteiger partial charge in [-0.1, -0.05) is 0 Å². The van der Waals surface area contributed by atoms with Gasteiger partial charge in [0.2, 0.25) is 0 Å². The molecule has 0 aliphatic rings. The largest absolute Gasteiger partial charge is 0.739 e. The second-order valence-electron chi connectivity index (χ2n) is 3.73. The molecule has 1 unspecified atom stereocenters. The van der Waals surface area contributed by atoms with E-state index in [4.69, 9.17) is 16.1 Å². The lowest BCUT2D eigenvalue weighted by molar-refractivity contribution is -1.05. The highest BCUT2D eigenvalue weighted by molar-refractivity contribution is 7.78. The van der Waals surface area contributed by atoms with Gasteiger partial charge in [-0.05, 0) is 45.9 Å². The van der Waals surface area contributed by atoms with Crippen LogP contribution in [0.5, 0.6) is 0 Å². The van der Waals surface area contributed by atoms with Crippen LogP contribution in [0.15, 0.2) is 0 Å². The Morgan fingerprint density at radius 1 is 1.36 bits per heavy atom. The first kappa shape index (κ1) is 14.4. The maximum atomic E-state index is 11.6. The summed E-state index contributed by atoms with van der Waals surface area (Å²) in [6, 6.07) is -0.452. The Kier molecular flexibility index (Phi) is 5.09. The van der Waals surface area contributed by atoms with Gasteiger partial charge in [0.05, 0.1) is 0 Å². The van der Waals surface area contributed by atoms with E-state index in [1.54, 1.807) is 34.6 Å². The van der Waals surface area contributed by atoms with Gasteiger partial charge < -0.3 is 4.89 Å². The van der Waals surface area contributed by atoms with Crippen LogP contribution in [0.2, 0.25) is 0 Å². The first-order valence-corrected chi connectivity index (χ1v) is 7.22. The molecule has 0 fully saturated rings. The molecule has 4 nitrogen and oxygen atoms in total. The van der Waals surface area contributed by atoms with Gasteiger partial charge in [-0.3, -0.25) is 4.57 Å². The third kappa shape index (κ3) is 2.50. The predicted molar refractivity (Wildman–Crippen MR) is 55.6 cm³/mol. The minimum absolute atomic E-state index is 0.226. The van der Waals surface area contributed by atoms with Gasteiger partial charge in [0.25, 0.3) is 0 Å². The number of quaternary nitrogens is 1. The summed E-state index contributed by atoms with van der Waals surface area (Å²) in [5.74, 6) is 0. The normalized spacial score (nSPS) is 17.5. The number of hydrogen-bond acceptors (Lipinski definition) is 3. The van der Waals surface area contributed by atoms with E-state index in [1.807, 2.05) is 0 Å². The van der Waals surface area contributed by atoms with E-state index in [0.717, 1.165) is 0 Å². The molecule has 0 aliphatic carbocycles. The summed E-state index contributed by atoms with van der Waals surface area (Å²) in [4.78, 5) is 16.9. The molecule has 0 rings (SSSR count). The Morgan fingerprint density at radius 3 is 1.79 bits per heavy atom. The summed E-state index contributed by atoms with van der Waals surface area (Å²) in [5, 5.41) is 0. The van der Waals surface area contributed by atoms with Gasteiger partial charge in [-0.25, -0.2) is 0 Å². The summed E-state index contributed by atoms with van der Waals surface area (Å²) in [5.41, 5.74) is 0. The fraction of sp³-hybridized carbons (Fsp3) is 1.00. The zero-order valence-electron chi connectivity index (χ0n) is 9.36. The quantitative estimate of drug-likeness (QED) is 0.550. The highest BCUT2D eigenvalue weighted by atomic mass is 35.7.